The third-order valence-electron chi connectivity index (χ3n) is 3.97. The number of carbonyl (C=O) groups excluding carboxylic acids is 1. The second kappa shape index (κ2) is 6.69. The zero-order valence-corrected chi connectivity index (χ0v) is 14.6. The van der Waals surface area contributed by atoms with E-state index >= 15 is 0 Å². The van der Waals surface area contributed by atoms with Gasteiger partial charge in [-0.25, -0.2) is 9.79 Å². The standard InChI is InChI=1S/C20H14ClNO4/c1-24-16-4-2-3-13(10-16)19-22-17(20(23)26-19)8-12-7-14-9-15(21)5-6-18(14)25-11-12/h2-10H,11H2,1H3. The number of halogens is 1. The summed E-state index contributed by atoms with van der Waals surface area (Å²) in [5, 5.41) is 0.621. The van der Waals surface area contributed by atoms with E-state index in [1.807, 2.05) is 30.3 Å². The molecule has 0 unspecified atom stereocenters. The Hall–Kier alpha value is -3.05. The van der Waals surface area contributed by atoms with Gasteiger partial charge in [0.1, 0.15) is 18.1 Å². The quantitative estimate of drug-likeness (QED) is 0.607. The van der Waals surface area contributed by atoms with E-state index in [9.17, 15) is 4.79 Å². The molecular weight excluding hydrogens is 354 g/mol. The number of benzene rings is 2. The first kappa shape index (κ1) is 16.4. The van der Waals surface area contributed by atoms with Crippen molar-refractivity contribution in [2.75, 3.05) is 13.7 Å². The fraction of sp³-hybridized carbons (Fsp3) is 0.100. The average molecular weight is 368 g/mol. The SMILES string of the molecule is COc1cccc(C2=NC(=CC3=Cc4cc(Cl)ccc4OC3)C(=O)O2)c1. The molecule has 0 atom stereocenters. The molecule has 0 bridgehead atoms. The van der Waals surface area contributed by atoms with Crippen molar-refractivity contribution in [1.29, 1.82) is 0 Å². The van der Waals surface area contributed by atoms with Crippen LogP contribution in [0.2, 0.25) is 5.02 Å². The highest BCUT2D eigenvalue weighted by Gasteiger charge is 2.25. The predicted molar refractivity (Wildman–Crippen MR) is 98.6 cm³/mol. The van der Waals surface area contributed by atoms with E-state index in [0.717, 1.165) is 16.9 Å². The summed E-state index contributed by atoms with van der Waals surface area (Å²) in [5.74, 6) is 1.17. The largest absolute Gasteiger partial charge is 0.497 e. The highest BCUT2D eigenvalue weighted by atomic mass is 35.5. The van der Waals surface area contributed by atoms with Crippen molar-refractivity contribution in [3.8, 4) is 11.5 Å². The molecule has 0 saturated carbocycles. The lowest BCUT2D eigenvalue weighted by Gasteiger charge is -2.16. The van der Waals surface area contributed by atoms with Crippen molar-refractivity contribution < 1.29 is 19.0 Å². The Balaban J connectivity index is 1.65. The molecule has 130 valence electrons. The number of methoxy groups -OCH3 is 1. The molecule has 0 amide bonds. The van der Waals surface area contributed by atoms with Gasteiger partial charge in [-0.3, -0.25) is 0 Å². The van der Waals surface area contributed by atoms with E-state index in [1.54, 1.807) is 31.4 Å². The van der Waals surface area contributed by atoms with E-state index in [1.165, 1.54) is 0 Å². The van der Waals surface area contributed by atoms with Gasteiger partial charge in [-0.2, -0.15) is 0 Å². The highest BCUT2D eigenvalue weighted by molar-refractivity contribution is 6.30. The number of fused-ring (bicyclic) bond motifs is 1. The minimum absolute atomic E-state index is 0.225. The Labute approximate surface area is 155 Å². The molecule has 26 heavy (non-hydrogen) atoms. The number of nitrogens with zero attached hydrogens (tertiary/aromatic N) is 1. The maximum absolute atomic E-state index is 12.2. The van der Waals surface area contributed by atoms with Crippen LogP contribution in [0.25, 0.3) is 6.08 Å². The Morgan fingerprint density at radius 1 is 1.23 bits per heavy atom. The molecule has 0 aliphatic carbocycles. The molecule has 0 aromatic heterocycles. The fourth-order valence-corrected chi connectivity index (χ4v) is 2.89. The molecule has 2 aliphatic rings. The van der Waals surface area contributed by atoms with Crippen LogP contribution >= 0.6 is 11.6 Å². The lowest BCUT2D eigenvalue weighted by Crippen LogP contribution is -2.08. The Morgan fingerprint density at radius 2 is 2.12 bits per heavy atom. The molecule has 0 N–H and O–H groups in total. The maximum Gasteiger partial charge on any atom is 0.363 e. The van der Waals surface area contributed by atoms with Gasteiger partial charge in [-0.15, -0.1) is 0 Å². The van der Waals surface area contributed by atoms with Crippen LogP contribution in [0, 0.1) is 0 Å². The molecule has 5 nitrogen and oxygen atoms in total. The van der Waals surface area contributed by atoms with Crippen LogP contribution in [0.15, 0.2) is 64.8 Å². The van der Waals surface area contributed by atoms with Crippen LogP contribution in [0.4, 0.5) is 0 Å². The fourth-order valence-electron chi connectivity index (χ4n) is 2.71. The third kappa shape index (κ3) is 3.21. The van der Waals surface area contributed by atoms with Crippen LogP contribution in [0.3, 0.4) is 0 Å². The van der Waals surface area contributed by atoms with Gasteiger partial charge in [0, 0.05) is 16.1 Å². The molecule has 6 heteroatoms. The van der Waals surface area contributed by atoms with Gasteiger partial charge in [0.25, 0.3) is 0 Å². The summed E-state index contributed by atoms with van der Waals surface area (Å²) in [6.07, 6.45) is 3.59. The molecule has 2 heterocycles. The van der Waals surface area contributed by atoms with Gasteiger partial charge >= 0.3 is 5.97 Å². The minimum atomic E-state index is -0.499. The molecule has 0 spiro atoms. The summed E-state index contributed by atoms with van der Waals surface area (Å²) >= 11 is 6.02. The van der Waals surface area contributed by atoms with Crippen LogP contribution in [0.1, 0.15) is 11.1 Å². The molecule has 0 saturated heterocycles. The summed E-state index contributed by atoms with van der Waals surface area (Å²) in [7, 11) is 1.58. The topological polar surface area (TPSA) is 57.1 Å². The van der Waals surface area contributed by atoms with Crippen molar-refractivity contribution in [2.24, 2.45) is 4.99 Å². The lowest BCUT2D eigenvalue weighted by molar-refractivity contribution is -0.130. The summed E-state index contributed by atoms with van der Waals surface area (Å²) in [4.78, 5) is 16.5. The maximum atomic E-state index is 12.2. The summed E-state index contributed by atoms with van der Waals surface area (Å²) in [5.41, 5.74) is 2.57. The first-order valence-electron chi connectivity index (χ1n) is 7.92. The van der Waals surface area contributed by atoms with E-state index in [0.29, 0.717) is 22.9 Å². The second-order valence-corrected chi connectivity index (χ2v) is 6.19. The Bertz CT molecular complexity index is 991. The van der Waals surface area contributed by atoms with E-state index < -0.39 is 5.97 Å². The number of rotatable bonds is 3. The summed E-state index contributed by atoms with van der Waals surface area (Å²) < 4.78 is 16.2. The van der Waals surface area contributed by atoms with Crippen molar-refractivity contribution in [1.82, 2.24) is 0 Å². The molecule has 4 rings (SSSR count). The van der Waals surface area contributed by atoms with E-state index in [-0.39, 0.29) is 11.6 Å². The van der Waals surface area contributed by atoms with Gasteiger partial charge in [0.15, 0.2) is 5.70 Å². The molecule has 0 fully saturated rings. The van der Waals surface area contributed by atoms with Gasteiger partial charge in [0.05, 0.1) is 7.11 Å². The Morgan fingerprint density at radius 3 is 2.96 bits per heavy atom. The van der Waals surface area contributed by atoms with E-state index in [4.69, 9.17) is 25.8 Å². The number of carbonyl (C=O) groups is 1. The first-order valence-corrected chi connectivity index (χ1v) is 8.30. The van der Waals surface area contributed by atoms with Crippen LogP contribution in [-0.4, -0.2) is 25.6 Å². The number of hydrogen-bond acceptors (Lipinski definition) is 5. The van der Waals surface area contributed by atoms with Crippen molar-refractivity contribution in [3.05, 3.63) is 76.0 Å². The van der Waals surface area contributed by atoms with Gasteiger partial charge in [0.2, 0.25) is 5.90 Å². The third-order valence-corrected chi connectivity index (χ3v) is 4.20. The highest BCUT2D eigenvalue weighted by Crippen LogP contribution is 2.30. The average Bonchev–Trinajstić information content (AvgIpc) is 3.02. The van der Waals surface area contributed by atoms with Gasteiger partial charge in [-0.05, 0) is 54.1 Å². The smallest absolute Gasteiger partial charge is 0.363 e. The summed E-state index contributed by atoms with van der Waals surface area (Å²) in [6, 6.07) is 12.6. The van der Waals surface area contributed by atoms with Gasteiger partial charge < -0.3 is 14.2 Å². The number of aliphatic imine (C=N–C) groups is 1. The normalized spacial score (nSPS) is 17.2. The van der Waals surface area contributed by atoms with Crippen LogP contribution < -0.4 is 9.47 Å². The predicted octanol–water partition coefficient (Wildman–Crippen LogP) is 4.01. The Kier molecular flexibility index (Phi) is 4.22. The molecular formula is C20H14ClNO4. The van der Waals surface area contributed by atoms with E-state index in [2.05, 4.69) is 4.99 Å². The zero-order chi connectivity index (χ0) is 18.1. The number of hydrogen-bond donors (Lipinski definition) is 0. The lowest BCUT2D eigenvalue weighted by atomic mass is 10.1. The van der Waals surface area contributed by atoms with Crippen molar-refractivity contribution in [2.45, 2.75) is 0 Å². The summed E-state index contributed by atoms with van der Waals surface area (Å²) in [6.45, 7) is 0.343. The van der Waals surface area contributed by atoms with Crippen LogP contribution in [-0.2, 0) is 9.53 Å². The van der Waals surface area contributed by atoms with Crippen molar-refractivity contribution in [3.63, 3.8) is 0 Å². The number of esters is 1. The first-order chi connectivity index (χ1) is 12.6. The number of cyclic esters (lactones) is 1. The monoisotopic (exact) mass is 367 g/mol. The zero-order valence-electron chi connectivity index (χ0n) is 13.9. The van der Waals surface area contributed by atoms with Crippen molar-refractivity contribution >= 4 is 29.5 Å². The number of ether oxygens (including phenoxy) is 3. The minimum Gasteiger partial charge on any atom is -0.497 e. The molecule has 2 aromatic carbocycles. The van der Waals surface area contributed by atoms with Gasteiger partial charge in [-0.1, -0.05) is 17.7 Å². The van der Waals surface area contributed by atoms with Crippen LogP contribution in [0.5, 0.6) is 11.5 Å². The second-order valence-electron chi connectivity index (χ2n) is 5.76. The molecule has 2 aliphatic heterocycles. The molecule has 0 radical (unpaired) electrons. The molecule has 2 aromatic rings.